The first kappa shape index (κ1) is 19.5. The Bertz CT molecular complexity index is 871. The van der Waals surface area contributed by atoms with Crippen LogP contribution in [0.1, 0.15) is 29.7 Å². The number of carbonyl (C=O) groups is 1. The average Bonchev–Trinajstić information content (AvgIpc) is 2.59. The SMILES string of the molecule is C[C@H](NC(=O)C(C#N)=Cc1cc(Cl)cc(C(F)(F)F)c1)c1ccccc1. The summed E-state index contributed by atoms with van der Waals surface area (Å²) in [5.74, 6) is -0.683. The highest BCUT2D eigenvalue weighted by Gasteiger charge is 2.31. The van der Waals surface area contributed by atoms with Crippen LogP contribution in [0.2, 0.25) is 5.02 Å². The van der Waals surface area contributed by atoms with Crippen LogP contribution in [0.5, 0.6) is 0 Å². The number of nitriles is 1. The van der Waals surface area contributed by atoms with Crippen LogP contribution in [-0.2, 0) is 11.0 Å². The molecular formula is C19H14ClF3N2O. The summed E-state index contributed by atoms with van der Waals surface area (Å²) in [5, 5.41) is 11.7. The van der Waals surface area contributed by atoms with Gasteiger partial charge >= 0.3 is 6.18 Å². The van der Waals surface area contributed by atoms with Gasteiger partial charge in [-0.15, -0.1) is 0 Å². The molecule has 7 heteroatoms. The van der Waals surface area contributed by atoms with Crippen molar-refractivity contribution in [1.82, 2.24) is 5.32 Å². The number of benzene rings is 2. The Kier molecular flexibility index (Phi) is 6.06. The minimum Gasteiger partial charge on any atom is -0.345 e. The van der Waals surface area contributed by atoms with E-state index in [2.05, 4.69) is 5.32 Å². The van der Waals surface area contributed by atoms with Crippen LogP contribution in [0, 0.1) is 11.3 Å². The van der Waals surface area contributed by atoms with Crippen LogP contribution in [-0.4, -0.2) is 5.91 Å². The molecule has 0 heterocycles. The fourth-order valence-corrected chi connectivity index (χ4v) is 2.52. The number of alkyl halides is 3. The molecule has 2 aromatic rings. The smallest absolute Gasteiger partial charge is 0.345 e. The zero-order valence-electron chi connectivity index (χ0n) is 13.6. The van der Waals surface area contributed by atoms with E-state index < -0.39 is 17.6 Å². The summed E-state index contributed by atoms with van der Waals surface area (Å²) in [4.78, 5) is 12.3. The number of hydrogen-bond acceptors (Lipinski definition) is 2. The summed E-state index contributed by atoms with van der Waals surface area (Å²) in [7, 11) is 0. The van der Waals surface area contributed by atoms with Gasteiger partial charge in [-0.2, -0.15) is 18.4 Å². The van der Waals surface area contributed by atoms with Crippen molar-refractivity contribution in [3.63, 3.8) is 0 Å². The molecule has 0 bridgehead atoms. The summed E-state index contributed by atoms with van der Waals surface area (Å²) in [6.45, 7) is 1.74. The third kappa shape index (κ3) is 5.11. The Morgan fingerprint density at radius 1 is 1.23 bits per heavy atom. The Hall–Kier alpha value is -2.78. The van der Waals surface area contributed by atoms with Gasteiger partial charge in [-0.25, -0.2) is 0 Å². The van der Waals surface area contributed by atoms with E-state index in [4.69, 9.17) is 11.6 Å². The van der Waals surface area contributed by atoms with Gasteiger partial charge in [-0.1, -0.05) is 41.9 Å². The van der Waals surface area contributed by atoms with E-state index in [1.807, 2.05) is 30.3 Å². The van der Waals surface area contributed by atoms with Crippen molar-refractivity contribution in [2.75, 3.05) is 0 Å². The topological polar surface area (TPSA) is 52.9 Å². The van der Waals surface area contributed by atoms with E-state index in [1.54, 1.807) is 13.0 Å². The number of carbonyl (C=O) groups excluding carboxylic acids is 1. The molecule has 1 N–H and O–H groups in total. The molecule has 0 spiro atoms. The first-order chi connectivity index (χ1) is 12.2. The van der Waals surface area contributed by atoms with Crippen molar-refractivity contribution in [1.29, 1.82) is 5.26 Å². The second kappa shape index (κ2) is 8.07. The molecule has 0 unspecified atom stereocenters. The normalized spacial score (nSPS) is 13.0. The summed E-state index contributed by atoms with van der Waals surface area (Å²) >= 11 is 5.71. The number of rotatable bonds is 4. The van der Waals surface area contributed by atoms with E-state index in [9.17, 15) is 23.2 Å². The van der Waals surface area contributed by atoms with Crippen molar-refractivity contribution >= 4 is 23.6 Å². The van der Waals surface area contributed by atoms with Gasteiger partial charge in [-0.05, 0) is 42.3 Å². The third-order valence-corrected chi connectivity index (χ3v) is 3.79. The molecule has 2 aromatic carbocycles. The molecule has 0 aromatic heterocycles. The van der Waals surface area contributed by atoms with Crippen LogP contribution in [0.4, 0.5) is 13.2 Å². The van der Waals surface area contributed by atoms with Crippen LogP contribution >= 0.6 is 11.6 Å². The molecule has 26 heavy (non-hydrogen) atoms. The lowest BCUT2D eigenvalue weighted by atomic mass is 10.1. The predicted molar refractivity (Wildman–Crippen MR) is 93.0 cm³/mol. The van der Waals surface area contributed by atoms with Gasteiger partial charge in [0.25, 0.3) is 5.91 Å². The molecule has 0 aliphatic rings. The second-order valence-electron chi connectivity index (χ2n) is 5.55. The molecule has 1 atom stereocenters. The maximum Gasteiger partial charge on any atom is 0.416 e. The molecular weight excluding hydrogens is 365 g/mol. The zero-order chi connectivity index (χ0) is 19.3. The Morgan fingerprint density at radius 2 is 1.88 bits per heavy atom. The standard InChI is InChI=1S/C19H14ClF3N2O/c1-12(14-5-3-2-4-6-14)25-18(26)15(11-24)7-13-8-16(19(21,22)23)10-17(20)9-13/h2-10,12H,1H3,(H,25,26)/t12-/m0/s1. The highest BCUT2D eigenvalue weighted by atomic mass is 35.5. The molecule has 0 saturated carbocycles. The lowest BCUT2D eigenvalue weighted by molar-refractivity contribution is -0.137. The van der Waals surface area contributed by atoms with Gasteiger partial charge in [0, 0.05) is 5.02 Å². The van der Waals surface area contributed by atoms with E-state index in [1.165, 1.54) is 6.07 Å². The van der Waals surface area contributed by atoms with Gasteiger partial charge in [0.1, 0.15) is 11.6 Å². The van der Waals surface area contributed by atoms with Gasteiger partial charge < -0.3 is 5.32 Å². The summed E-state index contributed by atoms with van der Waals surface area (Å²) in [6, 6.07) is 13.3. The van der Waals surface area contributed by atoms with E-state index in [0.717, 1.165) is 23.8 Å². The van der Waals surface area contributed by atoms with Crippen LogP contribution in [0.15, 0.2) is 54.1 Å². The predicted octanol–water partition coefficient (Wildman–Crippen LogP) is 5.14. The van der Waals surface area contributed by atoms with Crippen LogP contribution in [0.25, 0.3) is 6.08 Å². The minimum atomic E-state index is -4.58. The lowest BCUT2D eigenvalue weighted by Crippen LogP contribution is -2.27. The molecule has 2 rings (SSSR count). The van der Waals surface area contributed by atoms with Gasteiger partial charge in [0.15, 0.2) is 0 Å². The first-order valence-corrected chi connectivity index (χ1v) is 7.94. The number of nitrogens with one attached hydrogen (secondary N) is 1. The number of halogens is 4. The zero-order valence-corrected chi connectivity index (χ0v) is 14.4. The quantitative estimate of drug-likeness (QED) is 0.591. The summed E-state index contributed by atoms with van der Waals surface area (Å²) in [6.07, 6.45) is -3.50. The third-order valence-electron chi connectivity index (χ3n) is 3.57. The molecule has 1 amide bonds. The fraction of sp³-hybridized carbons (Fsp3) is 0.158. The van der Waals surface area contributed by atoms with Gasteiger partial charge in [0.2, 0.25) is 0 Å². The molecule has 0 fully saturated rings. The average molecular weight is 379 g/mol. The highest BCUT2D eigenvalue weighted by Crippen LogP contribution is 2.32. The summed E-state index contributed by atoms with van der Waals surface area (Å²) < 4.78 is 38.6. The molecule has 0 aliphatic carbocycles. The van der Waals surface area contributed by atoms with E-state index in [-0.39, 0.29) is 22.2 Å². The molecule has 0 aliphatic heterocycles. The minimum absolute atomic E-state index is 0.0175. The van der Waals surface area contributed by atoms with Gasteiger partial charge in [0.05, 0.1) is 11.6 Å². The Morgan fingerprint density at radius 3 is 2.46 bits per heavy atom. The Balaban J connectivity index is 2.26. The van der Waals surface area contributed by atoms with Gasteiger partial charge in [-0.3, -0.25) is 4.79 Å². The second-order valence-corrected chi connectivity index (χ2v) is 5.98. The molecule has 0 radical (unpaired) electrons. The van der Waals surface area contributed by atoms with Crippen molar-refractivity contribution < 1.29 is 18.0 Å². The van der Waals surface area contributed by atoms with Crippen molar-refractivity contribution in [2.45, 2.75) is 19.1 Å². The monoisotopic (exact) mass is 378 g/mol. The molecule has 134 valence electrons. The van der Waals surface area contributed by atoms with Crippen LogP contribution in [0.3, 0.4) is 0 Å². The first-order valence-electron chi connectivity index (χ1n) is 7.56. The number of hydrogen-bond donors (Lipinski definition) is 1. The maximum absolute atomic E-state index is 12.9. The summed E-state index contributed by atoms with van der Waals surface area (Å²) in [5.41, 5.74) is -0.418. The van der Waals surface area contributed by atoms with E-state index >= 15 is 0 Å². The molecule has 0 saturated heterocycles. The fourth-order valence-electron chi connectivity index (χ4n) is 2.27. The highest BCUT2D eigenvalue weighted by molar-refractivity contribution is 6.30. The van der Waals surface area contributed by atoms with Crippen molar-refractivity contribution in [3.05, 3.63) is 75.8 Å². The maximum atomic E-state index is 12.9. The van der Waals surface area contributed by atoms with E-state index in [0.29, 0.717) is 0 Å². The lowest BCUT2D eigenvalue weighted by Gasteiger charge is -2.14. The largest absolute Gasteiger partial charge is 0.416 e. The number of nitrogens with zero attached hydrogens (tertiary/aromatic N) is 1. The van der Waals surface area contributed by atoms with Crippen molar-refractivity contribution in [2.24, 2.45) is 0 Å². The van der Waals surface area contributed by atoms with Crippen molar-refractivity contribution in [3.8, 4) is 6.07 Å². The Labute approximate surface area is 153 Å². The number of amides is 1. The van der Waals surface area contributed by atoms with Crippen LogP contribution < -0.4 is 5.32 Å². The molecule has 3 nitrogen and oxygen atoms in total.